The molecule has 0 spiro atoms. The number of ether oxygens (including phenoxy) is 1. The van der Waals surface area contributed by atoms with E-state index in [4.69, 9.17) is 4.74 Å². The summed E-state index contributed by atoms with van der Waals surface area (Å²) in [7, 11) is 0. The number of benzene rings is 2. The Morgan fingerprint density at radius 3 is 2.64 bits per heavy atom. The number of carbonyl (C=O) groups is 2. The van der Waals surface area contributed by atoms with Crippen molar-refractivity contribution >= 4 is 56.9 Å². The number of hydrogen-bond donors (Lipinski definition) is 1. The van der Waals surface area contributed by atoms with Crippen LogP contribution in [-0.2, 0) is 6.61 Å². The van der Waals surface area contributed by atoms with Crippen LogP contribution in [0.15, 0.2) is 42.5 Å². The first-order valence-electron chi connectivity index (χ1n) is 10.4. The molecule has 2 aromatic carbocycles. The standard InChI is InChI=1S/C23H20N4O4S.ClH/c28-22(27-8-2-1-3-9-27)17-12-20(23(29)30)24-18-6-5-15(11-16(17)18)31-13-14-4-7-21-19(10-14)25-26-32-21;/h4-7,10-12H,1-3,8-9,13H2,(H,29,30);1H. The molecule has 0 unspecified atom stereocenters. The number of amides is 1. The van der Waals surface area contributed by atoms with Crippen LogP contribution >= 0.6 is 23.9 Å². The van der Waals surface area contributed by atoms with Crippen LogP contribution in [0.3, 0.4) is 0 Å². The van der Waals surface area contributed by atoms with E-state index in [1.54, 1.807) is 23.1 Å². The molecule has 1 N–H and O–H groups in total. The first kappa shape index (κ1) is 22.9. The van der Waals surface area contributed by atoms with Gasteiger partial charge in [0.05, 0.1) is 15.8 Å². The van der Waals surface area contributed by atoms with Gasteiger partial charge < -0.3 is 14.7 Å². The van der Waals surface area contributed by atoms with Gasteiger partial charge in [-0.3, -0.25) is 4.79 Å². The number of hydrogen-bond acceptors (Lipinski definition) is 7. The van der Waals surface area contributed by atoms with E-state index < -0.39 is 5.97 Å². The Morgan fingerprint density at radius 2 is 1.85 bits per heavy atom. The highest BCUT2D eigenvalue weighted by molar-refractivity contribution is 7.12. The van der Waals surface area contributed by atoms with Crippen molar-refractivity contribution in [1.82, 2.24) is 19.5 Å². The van der Waals surface area contributed by atoms with Gasteiger partial charge in [0.15, 0.2) is 0 Å². The normalized spacial score (nSPS) is 13.6. The molecule has 3 heterocycles. The number of nitrogens with zero attached hydrogens (tertiary/aromatic N) is 4. The molecule has 0 bridgehead atoms. The molecule has 4 aromatic rings. The van der Waals surface area contributed by atoms with Crippen LogP contribution < -0.4 is 4.74 Å². The maximum Gasteiger partial charge on any atom is 0.354 e. The first-order valence-corrected chi connectivity index (χ1v) is 11.2. The smallest absolute Gasteiger partial charge is 0.354 e. The van der Waals surface area contributed by atoms with Crippen molar-refractivity contribution in [2.45, 2.75) is 25.9 Å². The number of carboxylic acid groups (broad SMARTS) is 1. The Hall–Kier alpha value is -3.30. The van der Waals surface area contributed by atoms with Crippen molar-refractivity contribution in [3.63, 3.8) is 0 Å². The maximum atomic E-state index is 13.2. The fourth-order valence-corrected chi connectivity index (χ4v) is 4.47. The van der Waals surface area contributed by atoms with E-state index in [9.17, 15) is 14.7 Å². The largest absolute Gasteiger partial charge is 0.489 e. The fraction of sp³-hybridized carbons (Fsp3) is 0.261. The van der Waals surface area contributed by atoms with Gasteiger partial charge in [0.25, 0.3) is 5.91 Å². The van der Waals surface area contributed by atoms with Crippen LogP contribution in [0.2, 0.25) is 0 Å². The summed E-state index contributed by atoms with van der Waals surface area (Å²) in [6.07, 6.45) is 3.00. The zero-order chi connectivity index (χ0) is 22.1. The second-order valence-electron chi connectivity index (χ2n) is 7.76. The van der Waals surface area contributed by atoms with E-state index in [0.717, 1.165) is 35.0 Å². The summed E-state index contributed by atoms with van der Waals surface area (Å²) in [6.45, 7) is 1.68. The molecule has 2 aromatic heterocycles. The Labute approximate surface area is 199 Å². The minimum absolute atomic E-state index is 0. The summed E-state index contributed by atoms with van der Waals surface area (Å²) in [5.74, 6) is -0.753. The number of aromatic nitrogens is 3. The summed E-state index contributed by atoms with van der Waals surface area (Å²) in [6, 6.07) is 12.4. The molecule has 0 radical (unpaired) electrons. The van der Waals surface area contributed by atoms with Crippen molar-refractivity contribution in [2.24, 2.45) is 0 Å². The number of carbonyl (C=O) groups excluding carboxylic acids is 1. The predicted octanol–water partition coefficient (Wildman–Crippen LogP) is 4.56. The van der Waals surface area contributed by atoms with Gasteiger partial charge in [-0.1, -0.05) is 10.6 Å². The molecule has 0 aliphatic carbocycles. The summed E-state index contributed by atoms with van der Waals surface area (Å²) in [5.41, 5.74) is 2.43. The summed E-state index contributed by atoms with van der Waals surface area (Å²) < 4.78 is 10.9. The Morgan fingerprint density at radius 1 is 1.03 bits per heavy atom. The third-order valence-electron chi connectivity index (χ3n) is 5.59. The van der Waals surface area contributed by atoms with Gasteiger partial charge in [-0.05, 0) is 72.8 Å². The quantitative estimate of drug-likeness (QED) is 0.442. The highest BCUT2D eigenvalue weighted by Gasteiger charge is 2.23. The fourth-order valence-electron chi connectivity index (χ4n) is 3.93. The summed E-state index contributed by atoms with van der Waals surface area (Å²) in [4.78, 5) is 30.8. The van der Waals surface area contributed by atoms with Crippen LogP contribution in [-0.4, -0.2) is 49.5 Å². The number of aromatic carboxylic acids is 1. The lowest BCUT2D eigenvalue weighted by atomic mass is 10.0. The summed E-state index contributed by atoms with van der Waals surface area (Å²) in [5, 5.41) is 14.1. The highest BCUT2D eigenvalue weighted by Crippen LogP contribution is 2.27. The molecule has 1 amide bonds. The molecule has 1 aliphatic heterocycles. The van der Waals surface area contributed by atoms with Crippen molar-refractivity contribution in [2.75, 3.05) is 13.1 Å². The number of rotatable bonds is 5. The van der Waals surface area contributed by atoms with Crippen molar-refractivity contribution in [1.29, 1.82) is 0 Å². The Balaban J connectivity index is 0.00000259. The SMILES string of the molecule is Cl.O=C(O)c1cc(C(=O)N2CCCCC2)c2cc(OCc3ccc4snnc4c3)ccc2n1. The third-order valence-corrected chi connectivity index (χ3v) is 6.29. The number of fused-ring (bicyclic) bond motifs is 2. The third kappa shape index (κ3) is 4.74. The molecule has 5 rings (SSSR count). The van der Waals surface area contributed by atoms with Crippen molar-refractivity contribution in [3.8, 4) is 5.75 Å². The second kappa shape index (κ2) is 9.68. The van der Waals surface area contributed by atoms with Crippen LogP contribution in [0.25, 0.3) is 21.1 Å². The topological polar surface area (TPSA) is 106 Å². The molecule has 1 saturated heterocycles. The molecule has 1 aliphatic rings. The average molecular weight is 485 g/mol. The van der Waals surface area contributed by atoms with Gasteiger partial charge in [-0.15, -0.1) is 17.5 Å². The van der Waals surface area contributed by atoms with Crippen LogP contribution in [0.5, 0.6) is 5.75 Å². The number of piperidine rings is 1. The van der Waals surface area contributed by atoms with E-state index >= 15 is 0 Å². The lowest BCUT2D eigenvalue weighted by Gasteiger charge is -2.27. The van der Waals surface area contributed by atoms with Gasteiger partial charge in [0.1, 0.15) is 23.6 Å². The van der Waals surface area contributed by atoms with Gasteiger partial charge in [-0.2, -0.15) is 0 Å². The molecule has 1 fully saturated rings. The number of halogens is 1. The second-order valence-corrected chi connectivity index (χ2v) is 8.54. The lowest BCUT2D eigenvalue weighted by Crippen LogP contribution is -2.35. The Kier molecular flexibility index (Phi) is 6.71. The van der Waals surface area contributed by atoms with Crippen LogP contribution in [0.4, 0.5) is 0 Å². The van der Waals surface area contributed by atoms with Gasteiger partial charge in [0.2, 0.25) is 0 Å². The van der Waals surface area contributed by atoms with E-state index in [-0.39, 0.29) is 24.0 Å². The van der Waals surface area contributed by atoms with Gasteiger partial charge >= 0.3 is 5.97 Å². The van der Waals surface area contributed by atoms with E-state index in [1.165, 1.54) is 17.6 Å². The van der Waals surface area contributed by atoms with E-state index in [0.29, 0.717) is 41.9 Å². The minimum Gasteiger partial charge on any atom is -0.489 e. The van der Waals surface area contributed by atoms with Crippen molar-refractivity contribution < 1.29 is 19.4 Å². The summed E-state index contributed by atoms with van der Waals surface area (Å²) >= 11 is 1.34. The first-order chi connectivity index (χ1) is 15.6. The molecular formula is C23H21ClN4O4S. The molecule has 0 atom stereocenters. The monoisotopic (exact) mass is 484 g/mol. The zero-order valence-corrected chi connectivity index (χ0v) is 19.2. The minimum atomic E-state index is -1.16. The number of likely N-dealkylation sites (tertiary alicyclic amines) is 1. The van der Waals surface area contributed by atoms with Gasteiger partial charge in [0, 0.05) is 18.5 Å². The predicted molar refractivity (Wildman–Crippen MR) is 127 cm³/mol. The molecule has 8 nitrogen and oxygen atoms in total. The van der Waals surface area contributed by atoms with Gasteiger partial charge in [-0.25, -0.2) is 9.78 Å². The lowest BCUT2D eigenvalue weighted by molar-refractivity contribution is 0.0691. The highest BCUT2D eigenvalue weighted by atomic mass is 35.5. The van der Waals surface area contributed by atoms with E-state index in [1.807, 2.05) is 18.2 Å². The number of carboxylic acids is 1. The number of pyridine rings is 1. The molecule has 0 saturated carbocycles. The zero-order valence-electron chi connectivity index (χ0n) is 17.6. The van der Waals surface area contributed by atoms with Crippen molar-refractivity contribution in [3.05, 3.63) is 59.3 Å². The maximum absolute atomic E-state index is 13.2. The molecule has 170 valence electrons. The molecule has 33 heavy (non-hydrogen) atoms. The molecule has 10 heteroatoms. The van der Waals surface area contributed by atoms with Crippen LogP contribution in [0, 0.1) is 0 Å². The molecular weight excluding hydrogens is 464 g/mol. The average Bonchev–Trinajstić information content (AvgIpc) is 3.30. The Bertz CT molecular complexity index is 1340. The van der Waals surface area contributed by atoms with E-state index in [2.05, 4.69) is 14.6 Å². The van der Waals surface area contributed by atoms with Crippen LogP contribution in [0.1, 0.15) is 45.7 Å².